The van der Waals surface area contributed by atoms with Crippen LogP contribution in [0.25, 0.3) is 0 Å². The number of carbonyl (C=O) groups is 1. The minimum absolute atomic E-state index is 0.109. The summed E-state index contributed by atoms with van der Waals surface area (Å²) in [7, 11) is 2.16. The van der Waals surface area contributed by atoms with Gasteiger partial charge in [0.05, 0.1) is 0 Å². The maximum absolute atomic E-state index is 13.0. The van der Waals surface area contributed by atoms with Crippen molar-refractivity contribution in [2.24, 2.45) is 0 Å². The van der Waals surface area contributed by atoms with Gasteiger partial charge in [-0.05, 0) is 57.8 Å². The summed E-state index contributed by atoms with van der Waals surface area (Å²) in [4.78, 5) is 17.5. The number of hydrogen-bond acceptors (Lipinski definition) is 3. The first kappa shape index (κ1) is 18.2. The number of nitrogens with zero attached hydrogens (tertiary/aromatic N) is 2. The van der Waals surface area contributed by atoms with Gasteiger partial charge >= 0.3 is 6.03 Å². The third-order valence-corrected chi connectivity index (χ3v) is 5.43. The highest BCUT2D eigenvalue weighted by atomic mass is 16.5. The number of rotatable bonds is 5. The van der Waals surface area contributed by atoms with Crippen LogP contribution in [-0.4, -0.2) is 67.8 Å². The molecule has 1 aromatic rings. The van der Waals surface area contributed by atoms with Crippen LogP contribution >= 0.6 is 0 Å². The molecule has 1 aromatic carbocycles. The number of benzene rings is 1. The second-order valence-electron chi connectivity index (χ2n) is 7.25. The lowest BCUT2D eigenvalue weighted by atomic mass is 9.98. The molecular weight excluding hydrogens is 314 g/mol. The van der Waals surface area contributed by atoms with Crippen molar-refractivity contribution in [3.05, 3.63) is 35.9 Å². The summed E-state index contributed by atoms with van der Waals surface area (Å²) in [6.07, 6.45) is 4.93. The van der Waals surface area contributed by atoms with E-state index < -0.39 is 0 Å². The molecule has 138 valence electrons. The van der Waals surface area contributed by atoms with Gasteiger partial charge in [0, 0.05) is 31.8 Å². The van der Waals surface area contributed by atoms with Crippen LogP contribution in [0.4, 0.5) is 4.79 Å². The fourth-order valence-corrected chi connectivity index (χ4v) is 3.92. The van der Waals surface area contributed by atoms with E-state index in [2.05, 4.69) is 34.3 Å². The third kappa shape index (κ3) is 5.19. The first-order chi connectivity index (χ1) is 12.2. The van der Waals surface area contributed by atoms with Crippen molar-refractivity contribution < 1.29 is 9.53 Å². The lowest BCUT2D eigenvalue weighted by Gasteiger charge is -2.43. The van der Waals surface area contributed by atoms with Gasteiger partial charge in [-0.3, -0.25) is 0 Å². The Kier molecular flexibility index (Phi) is 6.70. The van der Waals surface area contributed by atoms with Crippen molar-refractivity contribution in [1.29, 1.82) is 0 Å². The molecule has 1 N–H and O–H groups in total. The van der Waals surface area contributed by atoms with Gasteiger partial charge in [-0.1, -0.05) is 30.3 Å². The molecular formula is C20H31N3O2. The molecule has 0 aromatic heterocycles. The van der Waals surface area contributed by atoms with Crippen molar-refractivity contribution in [2.45, 2.75) is 44.2 Å². The quantitative estimate of drug-likeness (QED) is 0.892. The van der Waals surface area contributed by atoms with Gasteiger partial charge in [-0.2, -0.15) is 0 Å². The Morgan fingerprint density at radius 2 is 1.76 bits per heavy atom. The molecule has 2 fully saturated rings. The number of amides is 2. The van der Waals surface area contributed by atoms with Crippen molar-refractivity contribution in [3.8, 4) is 0 Å². The van der Waals surface area contributed by atoms with Crippen molar-refractivity contribution in [3.63, 3.8) is 0 Å². The van der Waals surface area contributed by atoms with Crippen molar-refractivity contribution >= 4 is 6.03 Å². The minimum Gasteiger partial charge on any atom is -0.381 e. The van der Waals surface area contributed by atoms with E-state index in [1.165, 1.54) is 5.56 Å². The van der Waals surface area contributed by atoms with E-state index in [9.17, 15) is 4.79 Å². The summed E-state index contributed by atoms with van der Waals surface area (Å²) in [5.74, 6) is 0. The van der Waals surface area contributed by atoms with Crippen molar-refractivity contribution in [2.75, 3.05) is 39.9 Å². The number of carbonyl (C=O) groups excluding carboxylic acids is 1. The first-order valence-electron chi connectivity index (χ1n) is 9.60. The van der Waals surface area contributed by atoms with Gasteiger partial charge < -0.3 is 19.9 Å². The van der Waals surface area contributed by atoms with Crippen LogP contribution in [0.15, 0.2) is 30.3 Å². The zero-order valence-electron chi connectivity index (χ0n) is 15.3. The second kappa shape index (κ2) is 9.20. The molecule has 5 heteroatoms. The van der Waals surface area contributed by atoms with Crippen molar-refractivity contribution in [1.82, 2.24) is 15.1 Å². The summed E-state index contributed by atoms with van der Waals surface area (Å²) in [6, 6.07) is 11.1. The van der Waals surface area contributed by atoms with E-state index in [4.69, 9.17) is 4.74 Å². The molecule has 3 rings (SSSR count). The topological polar surface area (TPSA) is 44.8 Å². The predicted molar refractivity (Wildman–Crippen MR) is 99.7 cm³/mol. The summed E-state index contributed by atoms with van der Waals surface area (Å²) < 4.78 is 5.51. The number of urea groups is 1. The fourth-order valence-electron chi connectivity index (χ4n) is 3.92. The standard InChI is InChI=1S/C20H31N3O2/c1-22-13-8-18(9-14-22)23(19-10-15-25-16-11-19)20(24)21-12-7-17-5-3-2-4-6-17/h2-6,18-19H,7-16H2,1H3,(H,21,24). The predicted octanol–water partition coefficient (Wildman–Crippen LogP) is 2.51. The number of nitrogens with one attached hydrogen (secondary N) is 1. The SMILES string of the molecule is CN1CCC(N(C(=O)NCCc2ccccc2)C2CCOCC2)CC1. The first-order valence-corrected chi connectivity index (χ1v) is 9.60. The Hall–Kier alpha value is -1.59. The van der Waals surface area contributed by atoms with Crippen LogP contribution in [0.1, 0.15) is 31.2 Å². The number of piperidine rings is 1. The van der Waals surface area contributed by atoms with Crippen LogP contribution in [0.3, 0.4) is 0 Å². The Labute approximate surface area is 151 Å². The molecule has 0 unspecified atom stereocenters. The molecule has 25 heavy (non-hydrogen) atoms. The maximum atomic E-state index is 13.0. The normalized spacial score (nSPS) is 20.4. The minimum atomic E-state index is 0.109. The maximum Gasteiger partial charge on any atom is 0.317 e. The van der Waals surface area contributed by atoms with Gasteiger partial charge in [0.2, 0.25) is 0 Å². The zero-order valence-corrected chi connectivity index (χ0v) is 15.3. The van der Waals surface area contributed by atoms with E-state index >= 15 is 0 Å². The van der Waals surface area contributed by atoms with Crippen LogP contribution in [0, 0.1) is 0 Å². The molecule has 2 amide bonds. The Morgan fingerprint density at radius 1 is 1.12 bits per heavy atom. The van der Waals surface area contributed by atoms with Gasteiger partial charge in [0.1, 0.15) is 0 Å². The number of ether oxygens (including phenoxy) is 1. The summed E-state index contributed by atoms with van der Waals surface area (Å²) in [6.45, 7) is 4.37. The molecule has 0 radical (unpaired) electrons. The van der Waals surface area contributed by atoms with E-state index in [1.807, 2.05) is 18.2 Å². The molecule has 2 aliphatic heterocycles. The summed E-state index contributed by atoms with van der Waals surface area (Å²) in [5.41, 5.74) is 1.26. The highest BCUT2D eigenvalue weighted by molar-refractivity contribution is 5.75. The molecule has 5 nitrogen and oxygen atoms in total. The Balaban J connectivity index is 1.58. The summed E-state index contributed by atoms with van der Waals surface area (Å²) in [5, 5.41) is 3.17. The molecule has 0 saturated carbocycles. The monoisotopic (exact) mass is 345 g/mol. The van der Waals surface area contributed by atoms with Gasteiger partial charge in [0.25, 0.3) is 0 Å². The van der Waals surface area contributed by atoms with E-state index in [0.29, 0.717) is 18.6 Å². The van der Waals surface area contributed by atoms with Crippen LogP contribution < -0.4 is 5.32 Å². The zero-order chi connectivity index (χ0) is 17.5. The van der Waals surface area contributed by atoms with E-state index in [0.717, 1.165) is 58.4 Å². The second-order valence-corrected chi connectivity index (χ2v) is 7.25. The lowest BCUT2D eigenvalue weighted by Crippen LogP contribution is -2.55. The molecule has 2 heterocycles. The van der Waals surface area contributed by atoms with Gasteiger partial charge in [-0.15, -0.1) is 0 Å². The fraction of sp³-hybridized carbons (Fsp3) is 0.650. The molecule has 0 bridgehead atoms. The van der Waals surface area contributed by atoms with E-state index in [1.54, 1.807) is 0 Å². The van der Waals surface area contributed by atoms with E-state index in [-0.39, 0.29) is 6.03 Å². The Bertz CT molecular complexity index is 523. The molecule has 2 saturated heterocycles. The van der Waals surface area contributed by atoms with Gasteiger partial charge in [-0.25, -0.2) is 4.79 Å². The highest BCUT2D eigenvalue weighted by Crippen LogP contribution is 2.23. The van der Waals surface area contributed by atoms with Crippen LogP contribution in [0.5, 0.6) is 0 Å². The molecule has 0 spiro atoms. The highest BCUT2D eigenvalue weighted by Gasteiger charge is 2.33. The number of likely N-dealkylation sites (tertiary alicyclic amines) is 1. The summed E-state index contributed by atoms with van der Waals surface area (Å²) >= 11 is 0. The third-order valence-electron chi connectivity index (χ3n) is 5.43. The lowest BCUT2D eigenvalue weighted by molar-refractivity contribution is 0.0228. The molecule has 0 atom stereocenters. The molecule has 2 aliphatic rings. The smallest absolute Gasteiger partial charge is 0.317 e. The van der Waals surface area contributed by atoms with Crippen LogP contribution in [0.2, 0.25) is 0 Å². The van der Waals surface area contributed by atoms with Crippen LogP contribution in [-0.2, 0) is 11.2 Å². The molecule has 0 aliphatic carbocycles. The van der Waals surface area contributed by atoms with Gasteiger partial charge in [0.15, 0.2) is 0 Å². The largest absolute Gasteiger partial charge is 0.381 e. The Morgan fingerprint density at radius 3 is 2.44 bits per heavy atom. The number of hydrogen-bond donors (Lipinski definition) is 1. The average Bonchev–Trinajstić information content (AvgIpc) is 2.65. The average molecular weight is 345 g/mol.